The molecule has 0 atom stereocenters. The monoisotopic (exact) mass is 453 g/mol. The molecule has 2 aromatic carbocycles. The highest BCUT2D eigenvalue weighted by Crippen LogP contribution is 2.26. The van der Waals surface area contributed by atoms with E-state index in [1.807, 2.05) is 0 Å². The Balaban J connectivity index is 1.56. The summed E-state index contributed by atoms with van der Waals surface area (Å²) >= 11 is 5.82. The van der Waals surface area contributed by atoms with Crippen molar-refractivity contribution in [3.8, 4) is 11.5 Å². The van der Waals surface area contributed by atoms with Crippen LogP contribution in [0.3, 0.4) is 0 Å². The van der Waals surface area contributed by atoms with Crippen LogP contribution in [0.2, 0.25) is 5.02 Å². The molecule has 0 aliphatic carbocycles. The molecule has 10 heteroatoms. The predicted octanol–water partition coefficient (Wildman–Crippen LogP) is 3.33. The Morgan fingerprint density at radius 1 is 1.03 bits per heavy atom. The molecule has 162 valence electrons. The summed E-state index contributed by atoms with van der Waals surface area (Å²) in [6, 6.07) is 10.6. The fraction of sp³-hybridized carbons (Fsp3) is 0.350. The van der Waals surface area contributed by atoms with Crippen molar-refractivity contribution >= 4 is 33.3 Å². The van der Waals surface area contributed by atoms with E-state index in [1.54, 1.807) is 23.1 Å². The van der Waals surface area contributed by atoms with E-state index in [-0.39, 0.29) is 17.0 Å². The third-order valence-corrected chi connectivity index (χ3v) is 6.62. The smallest absolute Gasteiger partial charge is 0.321 e. The number of ether oxygens (including phenoxy) is 2. The van der Waals surface area contributed by atoms with Gasteiger partial charge in [0.1, 0.15) is 11.5 Å². The number of urea groups is 1. The molecule has 2 N–H and O–H groups in total. The molecule has 30 heavy (non-hydrogen) atoms. The number of likely N-dealkylation sites (tertiary alicyclic amines) is 1. The number of nitrogens with zero attached hydrogens (tertiary/aromatic N) is 1. The average Bonchev–Trinajstić information content (AvgIpc) is 2.74. The highest BCUT2D eigenvalue weighted by molar-refractivity contribution is 7.89. The van der Waals surface area contributed by atoms with Gasteiger partial charge in [0.25, 0.3) is 0 Å². The lowest BCUT2D eigenvalue weighted by Crippen LogP contribution is -2.47. The van der Waals surface area contributed by atoms with Crippen LogP contribution < -0.4 is 19.5 Å². The lowest BCUT2D eigenvalue weighted by molar-refractivity contribution is 0.193. The van der Waals surface area contributed by atoms with Gasteiger partial charge in [-0.1, -0.05) is 11.6 Å². The van der Waals surface area contributed by atoms with Crippen LogP contribution in [0.15, 0.2) is 47.4 Å². The number of halogens is 1. The molecule has 1 saturated heterocycles. The Morgan fingerprint density at radius 3 is 2.13 bits per heavy atom. The standard InChI is InChI=1S/C20H24ClN3O5S/c1-28-17-11-16(12-18(13-17)29-2)22-20(25)24-9-7-15(8-10-24)23-30(26,27)19-5-3-14(21)4-6-19/h3-6,11-13,15,23H,7-10H2,1-2H3,(H,22,25). The van der Waals surface area contributed by atoms with Gasteiger partial charge in [0.05, 0.1) is 19.1 Å². The normalized spacial score (nSPS) is 15.0. The first-order valence-electron chi connectivity index (χ1n) is 9.37. The zero-order valence-corrected chi connectivity index (χ0v) is 18.3. The van der Waals surface area contributed by atoms with Crippen LogP contribution in [0.25, 0.3) is 0 Å². The number of nitrogens with one attached hydrogen (secondary N) is 2. The average molecular weight is 454 g/mol. The minimum absolute atomic E-state index is 0.166. The largest absolute Gasteiger partial charge is 0.497 e. The summed E-state index contributed by atoms with van der Waals surface area (Å²) in [6.45, 7) is 0.863. The number of methoxy groups -OCH3 is 2. The minimum Gasteiger partial charge on any atom is -0.497 e. The Hall–Kier alpha value is -2.49. The first-order valence-corrected chi connectivity index (χ1v) is 11.2. The molecule has 8 nitrogen and oxygen atoms in total. The Bertz CT molecular complexity index is 968. The summed E-state index contributed by atoms with van der Waals surface area (Å²) in [7, 11) is -0.558. The third-order valence-electron chi connectivity index (χ3n) is 4.83. The molecule has 0 bridgehead atoms. The van der Waals surface area contributed by atoms with Crippen molar-refractivity contribution in [3.05, 3.63) is 47.5 Å². The number of carbonyl (C=O) groups is 1. The van der Waals surface area contributed by atoms with Crippen molar-refractivity contribution in [3.63, 3.8) is 0 Å². The summed E-state index contributed by atoms with van der Waals surface area (Å²) < 4.78 is 38.2. The van der Waals surface area contributed by atoms with Crippen molar-refractivity contribution in [2.24, 2.45) is 0 Å². The molecular weight excluding hydrogens is 430 g/mol. The summed E-state index contributed by atoms with van der Waals surface area (Å²) in [5.74, 6) is 1.14. The van der Waals surface area contributed by atoms with E-state index in [4.69, 9.17) is 21.1 Å². The number of piperidine rings is 1. The number of sulfonamides is 1. The van der Waals surface area contributed by atoms with Crippen LogP contribution in [-0.2, 0) is 10.0 Å². The number of rotatable bonds is 6. The Labute approximate surface area is 181 Å². The molecule has 0 unspecified atom stereocenters. The molecule has 2 aromatic rings. The summed E-state index contributed by atoms with van der Waals surface area (Å²) in [5.41, 5.74) is 0.557. The second-order valence-corrected chi connectivity index (χ2v) is 9.02. The van der Waals surface area contributed by atoms with E-state index >= 15 is 0 Å². The summed E-state index contributed by atoms with van der Waals surface area (Å²) in [6.07, 6.45) is 1.03. The first kappa shape index (κ1) is 22.2. The number of amides is 2. The van der Waals surface area contributed by atoms with Crippen LogP contribution >= 0.6 is 11.6 Å². The quantitative estimate of drug-likeness (QED) is 0.699. The Kier molecular flexibility index (Phi) is 7.06. The molecule has 0 aromatic heterocycles. The minimum atomic E-state index is -3.63. The lowest BCUT2D eigenvalue weighted by atomic mass is 10.1. The second-order valence-electron chi connectivity index (χ2n) is 6.87. The van der Waals surface area contributed by atoms with Gasteiger partial charge in [-0.3, -0.25) is 0 Å². The van der Waals surface area contributed by atoms with Gasteiger partial charge in [-0.2, -0.15) is 0 Å². The molecule has 0 radical (unpaired) electrons. The molecule has 0 spiro atoms. The Morgan fingerprint density at radius 2 is 1.60 bits per heavy atom. The summed E-state index contributed by atoms with van der Waals surface area (Å²) in [5, 5.41) is 3.31. The van der Waals surface area contributed by atoms with Crippen LogP contribution in [-0.4, -0.2) is 52.7 Å². The maximum Gasteiger partial charge on any atom is 0.321 e. The van der Waals surface area contributed by atoms with Crippen molar-refractivity contribution in [1.29, 1.82) is 0 Å². The van der Waals surface area contributed by atoms with Crippen LogP contribution in [0.5, 0.6) is 11.5 Å². The van der Waals surface area contributed by atoms with Gasteiger partial charge < -0.3 is 19.7 Å². The molecule has 0 saturated carbocycles. The highest BCUT2D eigenvalue weighted by Gasteiger charge is 2.27. The fourth-order valence-electron chi connectivity index (χ4n) is 3.18. The van der Waals surface area contributed by atoms with Gasteiger partial charge in [-0.15, -0.1) is 0 Å². The number of anilines is 1. The van der Waals surface area contributed by atoms with Gasteiger partial charge in [0.15, 0.2) is 0 Å². The van der Waals surface area contributed by atoms with E-state index in [0.717, 1.165) is 0 Å². The predicted molar refractivity (Wildman–Crippen MR) is 115 cm³/mol. The molecule has 1 aliphatic heterocycles. The highest BCUT2D eigenvalue weighted by atomic mass is 35.5. The summed E-state index contributed by atoms with van der Waals surface area (Å²) in [4.78, 5) is 14.4. The third kappa shape index (κ3) is 5.56. The number of hydrogen-bond donors (Lipinski definition) is 2. The van der Waals surface area contributed by atoms with Crippen molar-refractivity contribution in [2.45, 2.75) is 23.8 Å². The molecule has 1 fully saturated rings. The van der Waals surface area contributed by atoms with Crippen molar-refractivity contribution in [1.82, 2.24) is 9.62 Å². The van der Waals surface area contributed by atoms with Crippen LogP contribution in [0.4, 0.5) is 10.5 Å². The number of benzene rings is 2. The van der Waals surface area contributed by atoms with E-state index < -0.39 is 10.0 Å². The van der Waals surface area contributed by atoms with Gasteiger partial charge in [-0.05, 0) is 37.1 Å². The molecule has 2 amide bonds. The van der Waals surface area contributed by atoms with Crippen LogP contribution in [0.1, 0.15) is 12.8 Å². The molecule has 1 heterocycles. The van der Waals surface area contributed by atoms with Gasteiger partial charge in [0, 0.05) is 48.0 Å². The van der Waals surface area contributed by atoms with Crippen LogP contribution in [0, 0.1) is 0 Å². The fourth-order valence-corrected chi connectivity index (χ4v) is 4.61. The van der Waals surface area contributed by atoms with Gasteiger partial charge >= 0.3 is 6.03 Å². The number of hydrogen-bond acceptors (Lipinski definition) is 5. The van der Waals surface area contributed by atoms with Crippen molar-refractivity contribution in [2.75, 3.05) is 32.6 Å². The molecular formula is C20H24ClN3O5S. The van der Waals surface area contributed by atoms with Gasteiger partial charge in [0.2, 0.25) is 10.0 Å². The van der Waals surface area contributed by atoms with Gasteiger partial charge in [-0.25, -0.2) is 17.9 Å². The SMILES string of the molecule is COc1cc(NC(=O)N2CCC(NS(=O)(=O)c3ccc(Cl)cc3)CC2)cc(OC)c1. The van der Waals surface area contributed by atoms with E-state index in [9.17, 15) is 13.2 Å². The number of carbonyl (C=O) groups excluding carboxylic acids is 1. The zero-order valence-electron chi connectivity index (χ0n) is 16.7. The van der Waals surface area contributed by atoms with E-state index in [1.165, 1.54) is 38.5 Å². The van der Waals surface area contributed by atoms with Crippen molar-refractivity contribution < 1.29 is 22.7 Å². The maximum atomic E-state index is 12.6. The second kappa shape index (κ2) is 9.55. The molecule has 1 aliphatic rings. The van der Waals surface area contributed by atoms with E-state index in [2.05, 4.69) is 10.0 Å². The molecule has 3 rings (SSSR count). The van der Waals surface area contributed by atoms with E-state index in [0.29, 0.717) is 48.1 Å². The zero-order chi connectivity index (χ0) is 21.7. The lowest BCUT2D eigenvalue weighted by Gasteiger charge is -2.32. The maximum absolute atomic E-state index is 12.6. The topological polar surface area (TPSA) is 97.0 Å². The first-order chi connectivity index (χ1) is 14.3.